The molecule has 3 rings (SSSR count). The molecule has 0 aliphatic carbocycles. The van der Waals surface area contributed by atoms with Gasteiger partial charge in [0.2, 0.25) is 0 Å². The number of hydrogen-bond acceptors (Lipinski definition) is 4. The maximum atomic E-state index is 5.64. The Morgan fingerprint density at radius 2 is 2.17 bits per heavy atom. The molecule has 0 fully saturated rings. The zero-order valence-electron chi connectivity index (χ0n) is 10.1. The highest BCUT2D eigenvalue weighted by Crippen LogP contribution is 2.29. The number of benzene rings is 1. The summed E-state index contributed by atoms with van der Waals surface area (Å²) in [4.78, 5) is 10.1. The van der Waals surface area contributed by atoms with Gasteiger partial charge in [-0.05, 0) is 25.1 Å². The van der Waals surface area contributed by atoms with Crippen molar-refractivity contribution in [2.45, 2.75) is 13.5 Å². The predicted molar refractivity (Wildman–Crippen MR) is 75.5 cm³/mol. The summed E-state index contributed by atoms with van der Waals surface area (Å²) >= 11 is 1.66. The molecule has 0 aliphatic heterocycles. The second-order valence-corrected chi connectivity index (χ2v) is 5.42. The lowest BCUT2D eigenvalue weighted by molar-refractivity contribution is 1.04. The Hall–Kier alpha value is -1.78. The number of nitrogens with zero attached hydrogens (tertiary/aromatic N) is 2. The molecule has 1 aromatic carbocycles. The van der Waals surface area contributed by atoms with E-state index in [4.69, 9.17) is 5.73 Å². The molecule has 0 amide bonds. The Balaban J connectivity index is 2.15. The molecular weight excluding hydrogens is 242 g/mol. The minimum atomic E-state index is 0.501. The summed E-state index contributed by atoms with van der Waals surface area (Å²) in [6, 6.07) is 10.2. The van der Waals surface area contributed by atoms with Gasteiger partial charge < -0.3 is 5.73 Å². The zero-order chi connectivity index (χ0) is 12.5. The van der Waals surface area contributed by atoms with Crippen LogP contribution in [0.15, 0.2) is 36.5 Å². The summed E-state index contributed by atoms with van der Waals surface area (Å²) in [7, 11) is 0. The average Bonchev–Trinajstić information content (AvgIpc) is 2.79. The molecule has 0 spiro atoms. The fraction of sp³-hybridized carbons (Fsp3) is 0.143. The van der Waals surface area contributed by atoms with E-state index in [0.717, 1.165) is 27.2 Å². The van der Waals surface area contributed by atoms with Gasteiger partial charge in [0.1, 0.15) is 5.01 Å². The summed E-state index contributed by atoms with van der Waals surface area (Å²) < 4.78 is 0. The van der Waals surface area contributed by atoms with Crippen molar-refractivity contribution in [3.8, 4) is 11.3 Å². The largest absolute Gasteiger partial charge is 0.325 e. The van der Waals surface area contributed by atoms with Gasteiger partial charge in [-0.2, -0.15) is 0 Å². The third kappa shape index (κ3) is 1.89. The van der Waals surface area contributed by atoms with Crippen molar-refractivity contribution in [3.05, 3.63) is 46.4 Å². The van der Waals surface area contributed by atoms with E-state index < -0.39 is 0 Å². The van der Waals surface area contributed by atoms with E-state index in [1.54, 1.807) is 11.3 Å². The molecule has 2 aromatic heterocycles. The molecule has 2 N–H and O–H groups in total. The first kappa shape index (κ1) is 11.3. The average molecular weight is 255 g/mol. The second-order valence-electron chi connectivity index (χ2n) is 4.13. The number of nitrogens with two attached hydrogens (primary N) is 1. The fourth-order valence-corrected chi connectivity index (χ4v) is 2.86. The Labute approximate surface area is 109 Å². The fourth-order valence-electron chi connectivity index (χ4n) is 2.03. The number of aryl methyl sites for hydroxylation is 1. The van der Waals surface area contributed by atoms with Gasteiger partial charge in [-0.15, -0.1) is 11.3 Å². The van der Waals surface area contributed by atoms with Crippen molar-refractivity contribution in [2.75, 3.05) is 0 Å². The van der Waals surface area contributed by atoms with E-state index in [9.17, 15) is 0 Å². The number of thiazole rings is 1. The van der Waals surface area contributed by atoms with E-state index in [0.29, 0.717) is 6.54 Å². The number of hydrogen-bond donors (Lipinski definition) is 1. The lowest BCUT2D eigenvalue weighted by Gasteiger charge is -2.01. The molecule has 3 aromatic rings. The normalized spacial score (nSPS) is 11.0. The van der Waals surface area contributed by atoms with Crippen LogP contribution in [0.5, 0.6) is 0 Å². The van der Waals surface area contributed by atoms with E-state index in [2.05, 4.69) is 35.1 Å². The lowest BCUT2D eigenvalue weighted by atomic mass is 10.1. The van der Waals surface area contributed by atoms with Crippen molar-refractivity contribution in [1.82, 2.24) is 9.97 Å². The van der Waals surface area contributed by atoms with Crippen molar-refractivity contribution in [1.29, 1.82) is 0 Å². The highest BCUT2D eigenvalue weighted by molar-refractivity contribution is 7.12. The minimum absolute atomic E-state index is 0.501. The molecule has 0 unspecified atom stereocenters. The monoisotopic (exact) mass is 255 g/mol. The van der Waals surface area contributed by atoms with Crippen LogP contribution >= 0.6 is 11.3 Å². The van der Waals surface area contributed by atoms with E-state index in [1.807, 2.05) is 18.3 Å². The maximum Gasteiger partial charge on any atom is 0.107 e. The minimum Gasteiger partial charge on any atom is -0.325 e. The standard InChI is InChI=1S/C14H13N3S/c1-9-14(17-13(8-15)18-9)11-4-5-12-10(7-11)3-2-6-16-12/h2-7H,8,15H2,1H3. The van der Waals surface area contributed by atoms with Gasteiger partial charge in [-0.25, -0.2) is 4.98 Å². The Kier molecular flexibility index (Phi) is 2.81. The third-order valence-electron chi connectivity index (χ3n) is 2.89. The van der Waals surface area contributed by atoms with Crippen LogP contribution in [0.4, 0.5) is 0 Å². The van der Waals surface area contributed by atoms with Crippen molar-refractivity contribution < 1.29 is 0 Å². The maximum absolute atomic E-state index is 5.64. The van der Waals surface area contributed by atoms with Gasteiger partial charge in [0.05, 0.1) is 11.2 Å². The number of pyridine rings is 1. The van der Waals surface area contributed by atoms with E-state index >= 15 is 0 Å². The summed E-state index contributed by atoms with van der Waals surface area (Å²) in [6.07, 6.45) is 1.81. The van der Waals surface area contributed by atoms with Crippen molar-refractivity contribution >= 4 is 22.2 Å². The van der Waals surface area contributed by atoms with Gasteiger partial charge in [0.25, 0.3) is 0 Å². The molecular formula is C14H13N3S. The highest BCUT2D eigenvalue weighted by atomic mass is 32.1. The first-order chi connectivity index (χ1) is 8.78. The van der Waals surface area contributed by atoms with Gasteiger partial charge in [-0.1, -0.05) is 12.1 Å². The molecule has 0 bridgehead atoms. The molecule has 0 atom stereocenters. The molecule has 0 saturated carbocycles. The first-order valence-electron chi connectivity index (χ1n) is 5.79. The third-order valence-corrected chi connectivity index (χ3v) is 3.89. The summed E-state index contributed by atoms with van der Waals surface area (Å²) in [5.41, 5.74) is 8.81. The Morgan fingerprint density at radius 1 is 1.28 bits per heavy atom. The summed E-state index contributed by atoms with van der Waals surface area (Å²) in [5.74, 6) is 0. The van der Waals surface area contributed by atoms with Crippen LogP contribution in [-0.4, -0.2) is 9.97 Å². The van der Waals surface area contributed by atoms with Crippen LogP contribution < -0.4 is 5.73 Å². The Morgan fingerprint density at radius 3 is 2.94 bits per heavy atom. The van der Waals surface area contributed by atoms with Crippen LogP contribution in [0.2, 0.25) is 0 Å². The smallest absolute Gasteiger partial charge is 0.107 e. The Bertz CT molecular complexity index is 703. The molecule has 3 nitrogen and oxygen atoms in total. The molecule has 4 heteroatoms. The molecule has 2 heterocycles. The van der Waals surface area contributed by atoms with Crippen molar-refractivity contribution in [3.63, 3.8) is 0 Å². The van der Waals surface area contributed by atoms with Gasteiger partial charge in [0.15, 0.2) is 0 Å². The van der Waals surface area contributed by atoms with Gasteiger partial charge in [0, 0.05) is 28.6 Å². The van der Waals surface area contributed by atoms with Crippen LogP contribution in [-0.2, 0) is 6.54 Å². The van der Waals surface area contributed by atoms with Crippen LogP contribution in [0, 0.1) is 6.92 Å². The molecule has 18 heavy (non-hydrogen) atoms. The molecule has 0 saturated heterocycles. The summed E-state index contributed by atoms with van der Waals surface area (Å²) in [5, 5.41) is 2.12. The predicted octanol–water partition coefficient (Wildman–Crippen LogP) is 3.13. The molecule has 0 radical (unpaired) electrons. The topological polar surface area (TPSA) is 51.8 Å². The number of fused-ring (bicyclic) bond motifs is 1. The highest BCUT2D eigenvalue weighted by Gasteiger charge is 2.09. The summed E-state index contributed by atoms with van der Waals surface area (Å²) in [6.45, 7) is 2.58. The lowest BCUT2D eigenvalue weighted by Crippen LogP contribution is -1.94. The second kappa shape index (κ2) is 4.48. The SMILES string of the molecule is Cc1sc(CN)nc1-c1ccc2ncccc2c1. The van der Waals surface area contributed by atoms with Crippen LogP contribution in [0.3, 0.4) is 0 Å². The number of aromatic nitrogens is 2. The van der Waals surface area contributed by atoms with Crippen LogP contribution in [0.25, 0.3) is 22.2 Å². The zero-order valence-corrected chi connectivity index (χ0v) is 10.9. The van der Waals surface area contributed by atoms with Gasteiger partial charge in [-0.3, -0.25) is 4.98 Å². The molecule has 0 aliphatic rings. The van der Waals surface area contributed by atoms with Gasteiger partial charge >= 0.3 is 0 Å². The molecule has 90 valence electrons. The first-order valence-corrected chi connectivity index (χ1v) is 6.61. The van der Waals surface area contributed by atoms with E-state index in [1.165, 1.54) is 4.88 Å². The van der Waals surface area contributed by atoms with Crippen molar-refractivity contribution in [2.24, 2.45) is 5.73 Å². The number of rotatable bonds is 2. The van der Waals surface area contributed by atoms with Crippen LogP contribution in [0.1, 0.15) is 9.88 Å². The quantitative estimate of drug-likeness (QED) is 0.765. The van der Waals surface area contributed by atoms with E-state index in [-0.39, 0.29) is 0 Å².